The van der Waals surface area contributed by atoms with Gasteiger partial charge in [0, 0.05) is 37.3 Å². The summed E-state index contributed by atoms with van der Waals surface area (Å²) in [6.07, 6.45) is 2.48. The largest absolute Gasteiger partial charge is 0.380 e. The summed E-state index contributed by atoms with van der Waals surface area (Å²) in [6, 6.07) is 1.26. The Hall–Kier alpha value is -0.120. The average Bonchev–Trinajstić information content (AvgIpc) is 2.38. The van der Waals surface area contributed by atoms with Crippen molar-refractivity contribution in [2.24, 2.45) is 11.8 Å². The lowest BCUT2D eigenvalue weighted by Gasteiger charge is -2.53. The van der Waals surface area contributed by atoms with Gasteiger partial charge in [0.2, 0.25) is 0 Å². The Morgan fingerprint density at radius 3 is 2.47 bits per heavy atom. The molecule has 0 bridgehead atoms. The molecule has 3 heteroatoms. The number of nitrogens with zero attached hydrogens (tertiary/aromatic N) is 1. The zero-order chi connectivity index (χ0) is 14.0. The van der Waals surface area contributed by atoms with Crippen molar-refractivity contribution in [1.82, 2.24) is 10.2 Å². The highest BCUT2D eigenvalue weighted by atomic mass is 16.5. The van der Waals surface area contributed by atoms with E-state index in [9.17, 15) is 0 Å². The fourth-order valence-electron chi connectivity index (χ4n) is 3.60. The van der Waals surface area contributed by atoms with Gasteiger partial charge in [0.15, 0.2) is 0 Å². The van der Waals surface area contributed by atoms with Crippen molar-refractivity contribution >= 4 is 0 Å². The van der Waals surface area contributed by atoms with Gasteiger partial charge in [0.1, 0.15) is 0 Å². The van der Waals surface area contributed by atoms with E-state index in [1.54, 1.807) is 0 Å². The Kier molecular flexibility index (Phi) is 4.91. The minimum atomic E-state index is 0.239. The van der Waals surface area contributed by atoms with Gasteiger partial charge in [-0.05, 0) is 31.6 Å². The van der Waals surface area contributed by atoms with Crippen molar-refractivity contribution in [2.75, 3.05) is 26.3 Å². The molecular formula is C16H32N2O. The van der Waals surface area contributed by atoms with Crippen LogP contribution in [0.1, 0.15) is 47.5 Å². The minimum absolute atomic E-state index is 0.239. The fraction of sp³-hybridized carbons (Fsp3) is 1.00. The lowest BCUT2D eigenvalue weighted by atomic mass is 9.85. The van der Waals surface area contributed by atoms with Crippen LogP contribution in [-0.2, 0) is 4.74 Å². The average molecular weight is 268 g/mol. The van der Waals surface area contributed by atoms with Gasteiger partial charge in [-0.3, -0.25) is 4.90 Å². The lowest BCUT2D eigenvalue weighted by Crippen LogP contribution is -2.67. The third kappa shape index (κ3) is 3.32. The third-order valence-corrected chi connectivity index (χ3v) is 5.07. The molecule has 2 fully saturated rings. The van der Waals surface area contributed by atoms with Gasteiger partial charge in [-0.2, -0.15) is 0 Å². The first-order chi connectivity index (χ1) is 8.94. The quantitative estimate of drug-likeness (QED) is 0.851. The molecule has 2 aliphatic heterocycles. The molecule has 3 unspecified atom stereocenters. The zero-order valence-electron chi connectivity index (χ0n) is 13.4. The normalized spacial score (nSPS) is 38.1. The van der Waals surface area contributed by atoms with E-state index < -0.39 is 0 Å². The van der Waals surface area contributed by atoms with Crippen LogP contribution in [0.15, 0.2) is 0 Å². The Morgan fingerprint density at radius 2 is 1.95 bits per heavy atom. The molecule has 0 saturated carbocycles. The second kappa shape index (κ2) is 6.11. The zero-order valence-corrected chi connectivity index (χ0v) is 13.4. The predicted octanol–water partition coefficient (Wildman–Crippen LogP) is 2.51. The Labute approximate surface area is 119 Å². The molecule has 0 aromatic heterocycles. The summed E-state index contributed by atoms with van der Waals surface area (Å²) in [4.78, 5) is 2.76. The van der Waals surface area contributed by atoms with E-state index in [4.69, 9.17) is 4.74 Å². The summed E-state index contributed by atoms with van der Waals surface area (Å²) in [5.41, 5.74) is 0.239. The molecule has 3 atom stereocenters. The summed E-state index contributed by atoms with van der Waals surface area (Å²) in [5, 5.41) is 3.75. The number of hydrogen-bond acceptors (Lipinski definition) is 3. The lowest BCUT2D eigenvalue weighted by molar-refractivity contribution is -0.0827. The first-order valence-corrected chi connectivity index (χ1v) is 8.02. The topological polar surface area (TPSA) is 24.5 Å². The second-order valence-electron chi connectivity index (χ2n) is 7.38. The highest BCUT2D eigenvalue weighted by molar-refractivity contribution is 4.99. The molecule has 3 nitrogen and oxygen atoms in total. The SMILES string of the molecule is CC(C)C1CN(C2(C)CCCOC2)C(C(C)C)CN1. The number of rotatable bonds is 3. The Balaban J connectivity index is 2.14. The van der Waals surface area contributed by atoms with E-state index in [-0.39, 0.29) is 5.54 Å². The van der Waals surface area contributed by atoms with Crippen LogP contribution in [-0.4, -0.2) is 48.8 Å². The summed E-state index contributed by atoms with van der Waals surface area (Å²) >= 11 is 0. The number of hydrogen-bond donors (Lipinski definition) is 1. The molecule has 0 amide bonds. The van der Waals surface area contributed by atoms with Crippen molar-refractivity contribution in [3.8, 4) is 0 Å². The van der Waals surface area contributed by atoms with Gasteiger partial charge >= 0.3 is 0 Å². The van der Waals surface area contributed by atoms with E-state index >= 15 is 0 Å². The molecule has 2 heterocycles. The molecule has 0 aromatic carbocycles. The standard InChI is InChI=1S/C16H32N2O/c1-12(2)14-10-18(15(9-17-14)13(3)4)16(5)7-6-8-19-11-16/h12-15,17H,6-11H2,1-5H3. The van der Waals surface area contributed by atoms with Crippen LogP contribution in [0.4, 0.5) is 0 Å². The Morgan fingerprint density at radius 1 is 1.21 bits per heavy atom. The van der Waals surface area contributed by atoms with Gasteiger partial charge in [-0.15, -0.1) is 0 Å². The maximum Gasteiger partial charge on any atom is 0.0647 e. The third-order valence-electron chi connectivity index (χ3n) is 5.07. The van der Waals surface area contributed by atoms with Crippen LogP contribution in [0.25, 0.3) is 0 Å². The van der Waals surface area contributed by atoms with Crippen LogP contribution in [0.5, 0.6) is 0 Å². The second-order valence-corrected chi connectivity index (χ2v) is 7.38. The van der Waals surface area contributed by atoms with Crippen molar-refractivity contribution < 1.29 is 4.74 Å². The van der Waals surface area contributed by atoms with E-state index in [1.807, 2.05) is 0 Å². The highest BCUT2D eigenvalue weighted by Gasteiger charge is 2.42. The van der Waals surface area contributed by atoms with Crippen LogP contribution < -0.4 is 5.32 Å². The Bertz CT molecular complexity index is 284. The summed E-state index contributed by atoms with van der Waals surface area (Å²) in [6.45, 7) is 15.9. The molecule has 2 rings (SSSR count). The van der Waals surface area contributed by atoms with Crippen molar-refractivity contribution in [3.63, 3.8) is 0 Å². The summed E-state index contributed by atoms with van der Waals surface area (Å²) in [7, 11) is 0. The minimum Gasteiger partial charge on any atom is -0.380 e. The van der Waals surface area contributed by atoms with Gasteiger partial charge in [-0.1, -0.05) is 27.7 Å². The number of nitrogens with one attached hydrogen (secondary N) is 1. The van der Waals surface area contributed by atoms with Gasteiger partial charge in [0.05, 0.1) is 6.61 Å². The van der Waals surface area contributed by atoms with Crippen molar-refractivity contribution in [3.05, 3.63) is 0 Å². The maximum atomic E-state index is 5.80. The smallest absolute Gasteiger partial charge is 0.0647 e. The molecule has 0 radical (unpaired) electrons. The number of piperazine rings is 1. The van der Waals surface area contributed by atoms with E-state index in [2.05, 4.69) is 44.8 Å². The maximum absolute atomic E-state index is 5.80. The summed E-state index contributed by atoms with van der Waals surface area (Å²) in [5.74, 6) is 1.39. The van der Waals surface area contributed by atoms with E-state index in [0.717, 1.165) is 19.8 Å². The van der Waals surface area contributed by atoms with Crippen LogP contribution in [0.3, 0.4) is 0 Å². The molecule has 112 valence electrons. The van der Waals surface area contributed by atoms with Crippen LogP contribution >= 0.6 is 0 Å². The van der Waals surface area contributed by atoms with Crippen molar-refractivity contribution in [1.29, 1.82) is 0 Å². The molecule has 19 heavy (non-hydrogen) atoms. The van der Waals surface area contributed by atoms with E-state index in [1.165, 1.54) is 19.4 Å². The molecule has 0 aliphatic carbocycles. The fourth-order valence-corrected chi connectivity index (χ4v) is 3.60. The molecule has 2 aliphatic rings. The summed E-state index contributed by atoms with van der Waals surface area (Å²) < 4.78 is 5.80. The van der Waals surface area contributed by atoms with Gasteiger partial charge in [-0.25, -0.2) is 0 Å². The molecule has 0 spiro atoms. The van der Waals surface area contributed by atoms with Crippen LogP contribution in [0, 0.1) is 11.8 Å². The predicted molar refractivity (Wildman–Crippen MR) is 80.4 cm³/mol. The monoisotopic (exact) mass is 268 g/mol. The molecule has 1 N–H and O–H groups in total. The highest BCUT2D eigenvalue weighted by Crippen LogP contribution is 2.32. The molecule has 0 aromatic rings. The number of ether oxygens (including phenoxy) is 1. The van der Waals surface area contributed by atoms with Gasteiger partial charge in [0.25, 0.3) is 0 Å². The van der Waals surface area contributed by atoms with E-state index in [0.29, 0.717) is 23.9 Å². The first-order valence-electron chi connectivity index (χ1n) is 8.02. The van der Waals surface area contributed by atoms with Crippen molar-refractivity contribution in [2.45, 2.75) is 65.1 Å². The first kappa shape index (κ1) is 15.3. The molecule has 2 saturated heterocycles. The van der Waals surface area contributed by atoms with Gasteiger partial charge < -0.3 is 10.1 Å². The molecular weight excluding hydrogens is 236 g/mol. The van der Waals surface area contributed by atoms with Crippen LogP contribution in [0.2, 0.25) is 0 Å².